The molecule has 90 valence electrons. The van der Waals surface area contributed by atoms with Crippen LogP contribution in [-0.4, -0.2) is 28.4 Å². The number of aliphatic hydroxyl groups is 2. The Morgan fingerprint density at radius 2 is 2.18 bits per heavy atom. The van der Waals surface area contributed by atoms with E-state index in [1.165, 1.54) is 25.3 Å². The standard InChI is InChI=1S/C10H10N2O5/c1-17-9-3-2-6(12(15)16)4-7(9)10(14)8(13)5-11/h2-4,8,10,13-14H,1H3. The number of rotatable bonds is 4. The summed E-state index contributed by atoms with van der Waals surface area (Å²) in [6.07, 6.45) is -3.24. The average Bonchev–Trinajstić information content (AvgIpc) is 2.35. The summed E-state index contributed by atoms with van der Waals surface area (Å²) in [6, 6.07) is 5.00. The molecule has 2 N–H and O–H groups in total. The van der Waals surface area contributed by atoms with Crippen LogP contribution >= 0.6 is 0 Å². The lowest BCUT2D eigenvalue weighted by Gasteiger charge is -2.15. The Morgan fingerprint density at radius 1 is 1.53 bits per heavy atom. The van der Waals surface area contributed by atoms with Crippen molar-refractivity contribution in [1.29, 1.82) is 5.26 Å². The molecule has 0 aliphatic carbocycles. The topological polar surface area (TPSA) is 117 Å². The molecule has 7 heteroatoms. The van der Waals surface area contributed by atoms with Gasteiger partial charge in [-0.25, -0.2) is 0 Å². The lowest BCUT2D eigenvalue weighted by molar-refractivity contribution is -0.385. The zero-order valence-electron chi connectivity index (χ0n) is 8.90. The van der Waals surface area contributed by atoms with Crippen LogP contribution in [0, 0.1) is 21.4 Å². The van der Waals surface area contributed by atoms with E-state index < -0.39 is 17.1 Å². The number of hydrogen-bond acceptors (Lipinski definition) is 6. The summed E-state index contributed by atoms with van der Waals surface area (Å²) < 4.78 is 4.89. The maximum absolute atomic E-state index is 10.6. The monoisotopic (exact) mass is 238 g/mol. The number of hydrogen-bond donors (Lipinski definition) is 2. The van der Waals surface area contributed by atoms with Crippen molar-refractivity contribution in [2.45, 2.75) is 12.2 Å². The molecule has 0 radical (unpaired) electrons. The molecule has 0 fully saturated rings. The molecular formula is C10H10N2O5. The third-order valence-corrected chi connectivity index (χ3v) is 2.17. The van der Waals surface area contributed by atoms with Gasteiger partial charge in [-0.15, -0.1) is 0 Å². The van der Waals surface area contributed by atoms with Crippen LogP contribution in [0.5, 0.6) is 5.75 Å². The maximum atomic E-state index is 10.6. The molecule has 1 rings (SSSR count). The second-order valence-electron chi connectivity index (χ2n) is 3.20. The largest absolute Gasteiger partial charge is 0.496 e. The Balaban J connectivity index is 3.24. The molecule has 0 aliphatic rings. The predicted octanol–water partition coefficient (Wildman–Crippen LogP) is 0.521. The molecule has 1 aromatic carbocycles. The number of nitro groups is 1. The van der Waals surface area contributed by atoms with Gasteiger partial charge in [0.2, 0.25) is 0 Å². The van der Waals surface area contributed by atoms with Crippen molar-refractivity contribution < 1.29 is 19.9 Å². The van der Waals surface area contributed by atoms with Crippen LogP contribution in [-0.2, 0) is 0 Å². The molecule has 0 aliphatic heterocycles. The van der Waals surface area contributed by atoms with E-state index >= 15 is 0 Å². The first-order valence-corrected chi connectivity index (χ1v) is 4.59. The van der Waals surface area contributed by atoms with Crippen molar-refractivity contribution in [3.8, 4) is 11.8 Å². The average molecular weight is 238 g/mol. The van der Waals surface area contributed by atoms with Crippen molar-refractivity contribution in [3.63, 3.8) is 0 Å². The van der Waals surface area contributed by atoms with Gasteiger partial charge in [-0.05, 0) is 6.07 Å². The van der Waals surface area contributed by atoms with Crippen molar-refractivity contribution >= 4 is 5.69 Å². The van der Waals surface area contributed by atoms with Gasteiger partial charge in [0.25, 0.3) is 5.69 Å². The summed E-state index contributed by atoms with van der Waals surface area (Å²) in [7, 11) is 1.32. The molecule has 0 spiro atoms. The van der Waals surface area contributed by atoms with Crippen LogP contribution in [0.15, 0.2) is 18.2 Å². The number of nitrogens with zero attached hydrogens (tertiary/aromatic N) is 2. The fourth-order valence-electron chi connectivity index (χ4n) is 1.31. The minimum absolute atomic E-state index is 0.00394. The van der Waals surface area contributed by atoms with Crippen LogP contribution < -0.4 is 4.74 Å². The number of nitriles is 1. The molecule has 2 unspecified atom stereocenters. The van der Waals surface area contributed by atoms with Gasteiger partial charge in [0.1, 0.15) is 11.9 Å². The summed E-state index contributed by atoms with van der Waals surface area (Å²) in [4.78, 5) is 9.93. The van der Waals surface area contributed by atoms with Gasteiger partial charge in [0.05, 0.1) is 18.1 Å². The van der Waals surface area contributed by atoms with E-state index in [4.69, 9.17) is 10.00 Å². The summed E-state index contributed by atoms with van der Waals surface area (Å²) in [5, 5.41) is 37.9. The fourth-order valence-corrected chi connectivity index (χ4v) is 1.31. The fraction of sp³-hybridized carbons (Fsp3) is 0.300. The van der Waals surface area contributed by atoms with E-state index in [1.807, 2.05) is 0 Å². The van der Waals surface area contributed by atoms with E-state index in [-0.39, 0.29) is 17.0 Å². The molecule has 0 saturated heterocycles. The van der Waals surface area contributed by atoms with Crippen molar-refractivity contribution in [3.05, 3.63) is 33.9 Å². The highest BCUT2D eigenvalue weighted by molar-refractivity contribution is 5.45. The van der Waals surface area contributed by atoms with E-state index in [0.717, 1.165) is 6.07 Å². The van der Waals surface area contributed by atoms with Gasteiger partial charge >= 0.3 is 0 Å². The van der Waals surface area contributed by atoms with Gasteiger partial charge in [0, 0.05) is 17.7 Å². The van der Waals surface area contributed by atoms with E-state index in [1.54, 1.807) is 0 Å². The lowest BCUT2D eigenvalue weighted by atomic mass is 10.0. The summed E-state index contributed by atoms with van der Waals surface area (Å²) in [5.74, 6) is 0.164. The highest BCUT2D eigenvalue weighted by Gasteiger charge is 2.23. The van der Waals surface area contributed by atoms with Crippen LogP contribution in [0.25, 0.3) is 0 Å². The summed E-state index contributed by atoms with van der Waals surface area (Å²) >= 11 is 0. The quantitative estimate of drug-likeness (QED) is 0.448. The van der Waals surface area contributed by atoms with E-state index in [9.17, 15) is 20.3 Å². The highest BCUT2D eigenvalue weighted by atomic mass is 16.6. The van der Waals surface area contributed by atoms with Crippen LogP contribution in [0.1, 0.15) is 11.7 Å². The Labute approximate surface area is 96.6 Å². The summed E-state index contributed by atoms with van der Waals surface area (Å²) in [5.41, 5.74) is -0.263. The second-order valence-corrected chi connectivity index (χ2v) is 3.20. The Kier molecular flexibility index (Phi) is 3.98. The normalized spacial score (nSPS) is 13.5. The molecule has 0 amide bonds. The zero-order chi connectivity index (χ0) is 13.0. The minimum Gasteiger partial charge on any atom is -0.496 e. The van der Waals surface area contributed by atoms with Crippen molar-refractivity contribution in [1.82, 2.24) is 0 Å². The van der Waals surface area contributed by atoms with Gasteiger partial charge in [-0.2, -0.15) is 5.26 Å². The lowest BCUT2D eigenvalue weighted by Crippen LogP contribution is -2.16. The Bertz CT molecular complexity index is 468. The van der Waals surface area contributed by atoms with Crippen LogP contribution in [0.3, 0.4) is 0 Å². The van der Waals surface area contributed by atoms with Gasteiger partial charge in [-0.1, -0.05) is 0 Å². The van der Waals surface area contributed by atoms with Gasteiger partial charge in [-0.3, -0.25) is 10.1 Å². The zero-order valence-corrected chi connectivity index (χ0v) is 8.90. The predicted molar refractivity (Wildman–Crippen MR) is 56.2 cm³/mol. The number of benzene rings is 1. The third-order valence-electron chi connectivity index (χ3n) is 2.17. The molecule has 0 aromatic heterocycles. The van der Waals surface area contributed by atoms with E-state index in [0.29, 0.717) is 0 Å². The van der Waals surface area contributed by atoms with E-state index in [2.05, 4.69) is 0 Å². The SMILES string of the molecule is COc1ccc([N+](=O)[O-])cc1C(O)C(O)C#N. The number of nitro benzene ring substituents is 1. The smallest absolute Gasteiger partial charge is 0.270 e. The first-order valence-electron chi connectivity index (χ1n) is 4.59. The van der Waals surface area contributed by atoms with Crippen LogP contribution in [0.4, 0.5) is 5.69 Å². The first-order chi connectivity index (χ1) is 8.01. The Hall–Kier alpha value is -2.17. The molecule has 0 bridgehead atoms. The minimum atomic E-state index is -1.68. The maximum Gasteiger partial charge on any atom is 0.270 e. The van der Waals surface area contributed by atoms with Crippen molar-refractivity contribution in [2.75, 3.05) is 7.11 Å². The number of methoxy groups -OCH3 is 1. The van der Waals surface area contributed by atoms with Crippen LogP contribution in [0.2, 0.25) is 0 Å². The van der Waals surface area contributed by atoms with Crippen molar-refractivity contribution in [2.24, 2.45) is 0 Å². The number of non-ortho nitro benzene ring substituents is 1. The molecule has 2 atom stereocenters. The molecule has 0 heterocycles. The van der Waals surface area contributed by atoms with Gasteiger partial charge < -0.3 is 14.9 Å². The Morgan fingerprint density at radius 3 is 2.65 bits per heavy atom. The molecule has 0 saturated carbocycles. The molecular weight excluding hydrogens is 228 g/mol. The third kappa shape index (κ3) is 2.69. The molecule has 1 aromatic rings. The molecule has 17 heavy (non-hydrogen) atoms. The number of ether oxygens (including phenoxy) is 1. The second kappa shape index (κ2) is 5.25. The first kappa shape index (κ1) is 12.9. The summed E-state index contributed by atoms with van der Waals surface area (Å²) in [6.45, 7) is 0. The number of aliphatic hydroxyl groups excluding tert-OH is 2. The molecule has 7 nitrogen and oxygen atoms in total. The highest BCUT2D eigenvalue weighted by Crippen LogP contribution is 2.30. The van der Waals surface area contributed by atoms with Gasteiger partial charge in [0.15, 0.2) is 6.10 Å².